The molecule has 0 fully saturated rings. The Hall–Kier alpha value is -4.85. The SMILES string of the molecule is C=C(NCCCCO)OCCn1nnnc1[C@@H](COCc1ccccc1)NC(=O)C(C)(C)N.CC(C)(C)OC(=O)N[C@H](COCc1ccccc1)C(=O)NCCO.Cl. The molecule has 3 rings (SSSR count). The van der Waals surface area contributed by atoms with Crippen molar-refractivity contribution in [2.24, 2.45) is 5.73 Å². The molecule has 324 valence electrons. The molecule has 0 radical (unpaired) electrons. The minimum atomic E-state index is -1.07. The summed E-state index contributed by atoms with van der Waals surface area (Å²) in [6, 6.07) is 17.7. The Morgan fingerprint density at radius 1 is 0.845 bits per heavy atom. The summed E-state index contributed by atoms with van der Waals surface area (Å²) in [4.78, 5) is 36.5. The molecule has 0 spiro atoms. The number of nitrogens with one attached hydrogen (secondary N) is 4. The third-order valence-electron chi connectivity index (χ3n) is 7.46. The van der Waals surface area contributed by atoms with E-state index in [9.17, 15) is 14.4 Å². The molecule has 0 bridgehead atoms. The summed E-state index contributed by atoms with van der Waals surface area (Å²) in [5.74, 6) is 0.0827. The zero-order valence-corrected chi connectivity index (χ0v) is 35.0. The molecule has 1 aromatic heterocycles. The van der Waals surface area contributed by atoms with Crippen LogP contribution in [0.2, 0.25) is 0 Å². The van der Waals surface area contributed by atoms with Crippen LogP contribution in [-0.4, -0.2) is 112 Å². The molecule has 0 saturated carbocycles. The number of nitrogens with zero attached hydrogens (tertiary/aromatic N) is 4. The van der Waals surface area contributed by atoms with Gasteiger partial charge in [-0.25, -0.2) is 9.48 Å². The third-order valence-corrected chi connectivity index (χ3v) is 7.46. The van der Waals surface area contributed by atoms with Crippen molar-refractivity contribution in [1.29, 1.82) is 0 Å². The zero-order chi connectivity index (χ0) is 42.1. The van der Waals surface area contributed by atoms with Crippen molar-refractivity contribution in [2.75, 3.05) is 46.1 Å². The summed E-state index contributed by atoms with van der Waals surface area (Å²) < 4.78 is 23.7. The van der Waals surface area contributed by atoms with E-state index in [1.54, 1.807) is 39.3 Å². The first-order valence-electron chi connectivity index (χ1n) is 18.8. The fourth-order valence-electron chi connectivity index (χ4n) is 4.59. The molecule has 19 heteroatoms. The number of nitrogens with two attached hydrogens (primary N) is 1. The van der Waals surface area contributed by atoms with Crippen LogP contribution < -0.4 is 27.0 Å². The van der Waals surface area contributed by atoms with Crippen molar-refractivity contribution < 1.29 is 43.5 Å². The number of hydrogen-bond acceptors (Lipinski definition) is 14. The van der Waals surface area contributed by atoms with E-state index in [1.165, 1.54) is 0 Å². The van der Waals surface area contributed by atoms with E-state index in [-0.39, 0.29) is 57.9 Å². The highest BCUT2D eigenvalue weighted by atomic mass is 35.5. The number of alkyl carbamates (subject to hydrolysis) is 1. The van der Waals surface area contributed by atoms with Gasteiger partial charge in [0.15, 0.2) is 11.7 Å². The first-order valence-corrected chi connectivity index (χ1v) is 18.8. The van der Waals surface area contributed by atoms with Crippen LogP contribution in [-0.2, 0) is 48.3 Å². The number of tetrazole rings is 1. The lowest BCUT2D eigenvalue weighted by molar-refractivity contribution is -0.126. The van der Waals surface area contributed by atoms with E-state index < -0.39 is 35.2 Å². The number of benzene rings is 2. The topological polar surface area (TPSA) is 246 Å². The molecule has 0 aliphatic heterocycles. The second-order valence-corrected chi connectivity index (χ2v) is 14.4. The quantitative estimate of drug-likeness (QED) is 0.0506. The summed E-state index contributed by atoms with van der Waals surface area (Å²) in [6.45, 7) is 14.5. The minimum absolute atomic E-state index is 0. The molecule has 0 aliphatic rings. The van der Waals surface area contributed by atoms with Gasteiger partial charge >= 0.3 is 6.09 Å². The Morgan fingerprint density at radius 2 is 1.45 bits per heavy atom. The normalized spacial score (nSPS) is 12.1. The molecular weight excluding hydrogens is 774 g/mol. The lowest BCUT2D eigenvalue weighted by atomic mass is 10.1. The first kappa shape index (κ1) is 51.2. The van der Waals surface area contributed by atoms with Crippen LogP contribution in [0.25, 0.3) is 0 Å². The number of carbonyl (C=O) groups is 3. The van der Waals surface area contributed by atoms with Crippen molar-refractivity contribution in [2.45, 2.75) is 90.4 Å². The molecular formula is C39H62ClN9O9. The minimum Gasteiger partial charge on any atom is -0.478 e. The number of halogens is 1. The Balaban J connectivity index is 0.000000599. The van der Waals surface area contributed by atoms with Crippen molar-refractivity contribution in [3.63, 3.8) is 0 Å². The van der Waals surface area contributed by atoms with Gasteiger partial charge in [-0.2, -0.15) is 0 Å². The molecule has 1 heterocycles. The molecule has 8 N–H and O–H groups in total. The van der Waals surface area contributed by atoms with E-state index in [4.69, 9.17) is 34.9 Å². The summed E-state index contributed by atoms with van der Waals surface area (Å²) >= 11 is 0. The molecule has 18 nitrogen and oxygen atoms in total. The van der Waals surface area contributed by atoms with Gasteiger partial charge in [-0.1, -0.05) is 60.7 Å². The predicted octanol–water partition coefficient (Wildman–Crippen LogP) is 2.26. The lowest BCUT2D eigenvalue weighted by Crippen LogP contribution is -2.51. The summed E-state index contributed by atoms with van der Waals surface area (Å²) in [6.07, 6.45) is 0.834. The smallest absolute Gasteiger partial charge is 0.408 e. The van der Waals surface area contributed by atoms with Crippen molar-refractivity contribution in [3.05, 3.63) is 90.1 Å². The summed E-state index contributed by atoms with van der Waals surface area (Å²) in [5, 5.41) is 40.4. The fourth-order valence-corrected chi connectivity index (χ4v) is 4.59. The van der Waals surface area contributed by atoms with Gasteiger partial charge in [-0.05, 0) is 75.6 Å². The molecule has 2 aromatic carbocycles. The highest BCUT2D eigenvalue weighted by molar-refractivity contribution is 5.86. The van der Waals surface area contributed by atoms with Crippen molar-refractivity contribution in [1.82, 2.24) is 41.5 Å². The van der Waals surface area contributed by atoms with E-state index in [2.05, 4.69) is 43.4 Å². The number of aliphatic hydroxyl groups is 2. The highest BCUT2D eigenvalue weighted by Gasteiger charge is 2.29. The molecule has 0 unspecified atom stereocenters. The van der Waals surface area contributed by atoms with Crippen LogP contribution >= 0.6 is 12.4 Å². The Labute approximate surface area is 347 Å². The Kier molecular flexibility index (Phi) is 24.5. The Bertz CT molecular complexity index is 1610. The van der Waals surface area contributed by atoms with Gasteiger partial charge in [0.1, 0.15) is 24.3 Å². The fraction of sp³-hybridized carbons (Fsp3) is 0.538. The average molecular weight is 836 g/mol. The van der Waals surface area contributed by atoms with Crippen LogP contribution in [0.5, 0.6) is 0 Å². The monoisotopic (exact) mass is 835 g/mol. The van der Waals surface area contributed by atoms with E-state index in [0.717, 1.165) is 17.5 Å². The maximum absolute atomic E-state index is 12.5. The number of hydrogen-bond donors (Lipinski definition) is 7. The maximum Gasteiger partial charge on any atom is 0.408 e. The third kappa shape index (κ3) is 22.2. The number of rotatable bonds is 24. The van der Waals surface area contributed by atoms with Gasteiger partial charge in [0.2, 0.25) is 11.8 Å². The molecule has 3 amide bonds. The lowest BCUT2D eigenvalue weighted by Gasteiger charge is -2.24. The largest absolute Gasteiger partial charge is 0.478 e. The van der Waals surface area contributed by atoms with Crippen LogP contribution in [0.3, 0.4) is 0 Å². The van der Waals surface area contributed by atoms with Gasteiger partial charge in [0.05, 0.1) is 45.1 Å². The van der Waals surface area contributed by atoms with Gasteiger partial charge in [-0.3, -0.25) is 9.59 Å². The van der Waals surface area contributed by atoms with Gasteiger partial charge in [0.25, 0.3) is 0 Å². The number of amides is 3. The molecule has 2 atom stereocenters. The van der Waals surface area contributed by atoms with E-state index >= 15 is 0 Å². The van der Waals surface area contributed by atoms with Crippen LogP contribution in [0.1, 0.15) is 70.5 Å². The molecule has 0 aliphatic carbocycles. The molecule has 0 saturated heterocycles. The van der Waals surface area contributed by atoms with E-state index in [0.29, 0.717) is 44.4 Å². The zero-order valence-electron chi connectivity index (χ0n) is 34.1. The Morgan fingerprint density at radius 3 is 2.00 bits per heavy atom. The highest BCUT2D eigenvalue weighted by Crippen LogP contribution is 2.14. The number of unbranched alkanes of at least 4 members (excludes halogenated alkanes) is 1. The van der Waals surface area contributed by atoms with Crippen molar-refractivity contribution in [3.8, 4) is 0 Å². The number of aromatic nitrogens is 4. The number of aliphatic hydroxyl groups excluding tert-OH is 2. The van der Waals surface area contributed by atoms with Crippen LogP contribution in [0, 0.1) is 0 Å². The standard InChI is InChI=1S/C22H35N7O4.C17H26N2O5.ClH/c1-17(24-11-7-8-13-30)33-14-12-29-20(26-27-28-29)19(25-21(31)22(2,3)23)16-32-15-18-9-5-4-6-10-18;1-17(2,3)24-16(22)19-14(15(21)18-9-10-20)12-23-11-13-7-5-4-6-8-13;/h4-6,9-10,19,24,30H,1,7-8,11-16,23H2,2-3H3,(H,25,31);4-8,14,20H,9-12H2,1-3H3,(H,18,21)(H,19,22);1H/t19-;14-;/m11./s1. The summed E-state index contributed by atoms with van der Waals surface area (Å²) in [7, 11) is 0. The van der Waals surface area contributed by atoms with Gasteiger partial charge in [0, 0.05) is 19.7 Å². The van der Waals surface area contributed by atoms with E-state index in [1.807, 2.05) is 60.7 Å². The van der Waals surface area contributed by atoms with Crippen LogP contribution in [0.4, 0.5) is 4.79 Å². The second kappa shape index (κ2) is 27.7. The first-order chi connectivity index (χ1) is 27.1. The molecule has 58 heavy (non-hydrogen) atoms. The van der Waals surface area contributed by atoms with Crippen molar-refractivity contribution >= 4 is 30.3 Å². The second-order valence-electron chi connectivity index (χ2n) is 14.4. The predicted molar refractivity (Wildman–Crippen MR) is 219 cm³/mol. The average Bonchev–Trinajstić information content (AvgIpc) is 3.63. The summed E-state index contributed by atoms with van der Waals surface area (Å²) in [5.41, 5.74) is 6.19. The van der Waals surface area contributed by atoms with Gasteiger partial charge < -0.3 is 56.2 Å². The molecule has 3 aromatic rings. The number of carbonyl (C=O) groups excluding carboxylic acids is 3. The van der Waals surface area contributed by atoms with Gasteiger partial charge in [-0.15, -0.1) is 17.5 Å². The maximum atomic E-state index is 12.5. The van der Waals surface area contributed by atoms with Crippen LogP contribution in [0.15, 0.2) is 73.1 Å². The number of ether oxygens (including phenoxy) is 4.